The minimum Gasteiger partial charge on any atom is -0.324 e. The monoisotopic (exact) mass is 267 g/mol. The van der Waals surface area contributed by atoms with Crippen LogP contribution in [-0.4, -0.2) is 21.6 Å². The predicted octanol–water partition coefficient (Wildman–Crippen LogP) is 1.99. The highest BCUT2D eigenvalue weighted by Crippen LogP contribution is 2.19. The maximum absolute atomic E-state index is 9.40. The predicted molar refractivity (Wildman–Crippen MR) is 76.7 cm³/mol. The number of para-hydroxylation sites is 2. The minimum atomic E-state index is -0.678. The molecule has 1 aromatic carbocycles. The number of benzene rings is 1. The van der Waals surface area contributed by atoms with Crippen molar-refractivity contribution in [3.05, 3.63) is 30.1 Å². The molecule has 1 atom stereocenters. The summed E-state index contributed by atoms with van der Waals surface area (Å²) in [6.45, 7) is 5.01. The van der Waals surface area contributed by atoms with Crippen molar-refractivity contribution >= 4 is 11.0 Å². The molecular weight excluding hydrogens is 250 g/mol. The molecule has 0 saturated carbocycles. The van der Waals surface area contributed by atoms with E-state index < -0.39 is 5.54 Å². The molecule has 20 heavy (non-hydrogen) atoms. The van der Waals surface area contributed by atoms with Gasteiger partial charge in [-0.3, -0.25) is 5.32 Å². The molecule has 5 heteroatoms. The molecule has 0 fully saturated rings. The van der Waals surface area contributed by atoms with Crippen LogP contribution in [0, 0.1) is 22.7 Å². The summed E-state index contributed by atoms with van der Waals surface area (Å²) >= 11 is 0. The Morgan fingerprint density at radius 2 is 2.10 bits per heavy atom. The quantitative estimate of drug-likeness (QED) is 0.898. The lowest BCUT2D eigenvalue weighted by atomic mass is 10.0. The third-order valence-corrected chi connectivity index (χ3v) is 3.26. The molecule has 1 aromatic heterocycles. The van der Waals surface area contributed by atoms with Gasteiger partial charge >= 0.3 is 0 Å². The molecule has 1 N–H and O–H groups in total. The summed E-state index contributed by atoms with van der Waals surface area (Å²) in [6, 6.07) is 12.2. The summed E-state index contributed by atoms with van der Waals surface area (Å²) in [5.41, 5.74) is 1.13. The van der Waals surface area contributed by atoms with Crippen LogP contribution in [0.1, 0.15) is 19.7 Å². The van der Waals surface area contributed by atoms with E-state index in [1.54, 1.807) is 0 Å². The fourth-order valence-electron chi connectivity index (χ4n) is 2.34. The van der Waals surface area contributed by atoms with E-state index >= 15 is 0 Å². The van der Waals surface area contributed by atoms with Crippen molar-refractivity contribution in [1.82, 2.24) is 14.9 Å². The number of imidazole rings is 1. The van der Waals surface area contributed by atoms with Crippen molar-refractivity contribution in [1.29, 1.82) is 10.5 Å². The summed E-state index contributed by atoms with van der Waals surface area (Å²) in [5.74, 6) is 0.702. The summed E-state index contributed by atoms with van der Waals surface area (Å²) in [5, 5.41) is 21.5. The zero-order valence-electron chi connectivity index (χ0n) is 11.7. The Hall–Kier alpha value is -2.37. The van der Waals surface area contributed by atoms with Gasteiger partial charge in [0.25, 0.3) is 0 Å². The number of hydrogen-bond acceptors (Lipinski definition) is 4. The molecule has 0 bridgehead atoms. The third kappa shape index (κ3) is 2.64. The fourth-order valence-corrected chi connectivity index (χ4v) is 2.34. The average molecular weight is 267 g/mol. The molecule has 0 spiro atoms. The first kappa shape index (κ1) is 14.0. The first-order valence-corrected chi connectivity index (χ1v) is 6.61. The van der Waals surface area contributed by atoms with E-state index in [2.05, 4.69) is 22.4 Å². The molecule has 0 radical (unpaired) electrons. The highest BCUT2D eigenvalue weighted by Gasteiger charge is 2.25. The Labute approximate surface area is 118 Å². The summed E-state index contributed by atoms with van der Waals surface area (Å²) in [7, 11) is 0. The molecule has 0 aliphatic rings. The normalized spacial score (nSPS) is 13.6. The van der Waals surface area contributed by atoms with E-state index in [1.807, 2.05) is 42.7 Å². The maximum atomic E-state index is 9.40. The van der Waals surface area contributed by atoms with Crippen LogP contribution >= 0.6 is 0 Å². The van der Waals surface area contributed by atoms with Gasteiger partial charge in [0.15, 0.2) is 0 Å². The Kier molecular flexibility index (Phi) is 4.02. The van der Waals surface area contributed by atoms with E-state index in [-0.39, 0.29) is 6.42 Å². The SMILES string of the molecule is CCNC(C)(C#N)Cn1c(CC#N)nc2ccccc21. The van der Waals surface area contributed by atoms with Gasteiger partial charge in [-0.1, -0.05) is 19.1 Å². The molecule has 1 heterocycles. The zero-order chi connectivity index (χ0) is 14.6. The second-order valence-electron chi connectivity index (χ2n) is 4.91. The molecule has 102 valence electrons. The first-order valence-electron chi connectivity index (χ1n) is 6.61. The van der Waals surface area contributed by atoms with E-state index in [9.17, 15) is 5.26 Å². The van der Waals surface area contributed by atoms with Crippen LogP contribution < -0.4 is 5.32 Å². The molecule has 2 rings (SSSR count). The lowest BCUT2D eigenvalue weighted by Crippen LogP contribution is -2.44. The molecule has 0 aliphatic heterocycles. The fraction of sp³-hybridized carbons (Fsp3) is 0.400. The molecule has 0 amide bonds. The van der Waals surface area contributed by atoms with Gasteiger partial charge in [-0.2, -0.15) is 10.5 Å². The van der Waals surface area contributed by atoms with Crippen molar-refractivity contribution in [2.45, 2.75) is 32.4 Å². The standard InChI is InChI=1S/C15H17N5/c1-3-18-15(2,10-17)11-20-13-7-5-4-6-12(13)19-14(20)8-9-16/h4-7,18H,3,8,11H2,1-2H3. The van der Waals surface area contributed by atoms with Crippen molar-refractivity contribution in [3.8, 4) is 12.1 Å². The number of fused-ring (bicyclic) bond motifs is 1. The van der Waals surface area contributed by atoms with Crippen molar-refractivity contribution in [2.75, 3.05) is 6.54 Å². The Morgan fingerprint density at radius 1 is 1.35 bits per heavy atom. The van der Waals surface area contributed by atoms with Crippen LogP contribution in [0.2, 0.25) is 0 Å². The molecule has 2 aromatic rings. The van der Waals surface area contributed by atoms with Gasteiger partial charge in [0.05, 0.1) is 36.1 Å². The lowest BCUT2D eigenvalue weighted by molar-refractivity contribution is 0.397. The average Bonchev–Trinajstić information content (AvgIpc) is 2.78. The zero-order valence-corrected chi connectivity index (χ0v) is 11.7. The van der Waals surface area contributed by atoms with Crippen molar-refractivity contribution < 1.29 is 0 Å². The molecule has 1 unspecified atom stereocenters. The highest BCUT2D eigenvalue weighted by atomic mass is 15.1. The Bertz CT molecular complexity index is 688. The van der Waals surface area contributed by atoms with Gasteiger partial charge < -0.3 is 4.57 Å². The Morgan fingerprint density at radius 3 is 2.75 bits per heavy atom. The number of rotatable bonds is 5. The van der Waals surface area contributed by atoms with Gasteiger partial charge in [-0.25, -0.2) is 4.98 Å². The minimum absolute atomic E-state index is 0.238. The van der Waals surface area contributed by atoms with Crippen LogP contribution in [0.4, 0.5) is 0 Å². The van der Waals surface area contributed by atoms with Gasteiger partial charge in [0.1, 0.15) is 11.4 Å². The molecule has 0 aliphatic carbocycles. The summed E-state index contributed by atoms with van der Waals surface area (Å²) in [6.07, 6.45) is 0.238. The van der Waals surface area contributed by atoms with E-state index in [1.165, 1.54) is 0 Å². The van der Waals surface area contributed by atoms with E-state index in [0.29, 0.717) is 18.9 Å². The first-order chi connectivity index (χ1) is 9.63. The number of likely N-dealkylation sites (N-methyl/N-ethyl adjacent to an activating group) is 1. The van der Waals surface area contributed by atoms with E-state index in [4.69, 9.17) is 5.26 Å². The molecule has 5 nitrogen and oxygen atoms in total. The molecular formula is C15H17N5. The second kappa shape index (κ2) is 5.73. The maximum Gasteiger partial charge on any atom is 0.124 e. The topological polar surface area (TPSA) is 77.4 Å². The number of nitrogens with zero attached hydrogens (tertiary/aromatic N) is 4. The van der Waals surface area contributed by atoms with Crippen LogP contribution in [0.3, 0.4) is 0 Å². The van der Waals surface area contributed by atoms with Crippen LogP contribution in [0.25, 0.3) is 11.0 Å². The van der Waals surface area contributed by atoms with Crippen LogP contribution in [0.5, 0.6) is 0 Å². The van der Waals surface area contributed by atoms with Gasteiger partial charge in [-0.05, 0) is 25.6 Å². The smallest absolute Gasteiger partial charge is 0.124 e. The number of aromatic nitrogens is 2. The number of nitriles is 2. The van der Waals surface area contributed by atoms with Crippen molar-refractivity contribution in [3.63, 3.8) is 0 Å². The van der Waals surface area contributed by atoms with Crippen LogP contribution in [0.15, 0.2) is 24.3 Å². The van der Waals surface area contributed by atoms with Gasteiger partial charge in [0.2, 0.25) is 0 Å². The lowest BCUT2D eigenvalue weighted by Gasteiger charge is -2.24. The third-order valence-electron chi connectivity index (χ3n) is 3.26. The van der Waals surface area contributed by atoms with E-state index in [0.717, 1.165) is 11.0 Å². The second-order valence-corrected chi connectivity index (χ2v) is 4.91. The van der Waals surface area contributed by atoms with Crippen molar-refractivity contribution in [2.24, 2.45) is 0 Å². The van der Waals surface area contributed by atoms with Gasteiger partial charge in [-0.15, -0.1) is 0 Å². The highest BCUT2D eigenvalue weighted by molar-refractivity contribution is 5.76. The largest absolute Gasteiger partial charge is 0.324 e. The van der Waals surface area contributed by atoms with Crippen LogP contribution in [-0.2, 0) is 13.0 Å². The number of nitrogens with one attached hydrogen (secondary N) is 1. The summed E-state index contributed by atoms with van der Waals surface area (Å²) < 4.78 is 1.96. The summed E-state index contributed by atoms with van der Waals surface area (Å²) in [4.78, 5) is 4.48. The van der Waals surface area contributed by atoms with Gasteiger partial charge in [0, 0.05) is 0 Å². The Balaban J connectivity index is 2.49. The number of hydrogen-bond donors (Lipinski definition) is 1. The molecule has 0 saturated heterocycles.